The van der Waals surface area contributed by atoms with Gasteiger partial charge in [-0.2, -0.15) is 0 Å². The van der Waals surface area contributed by atoms with Crippen molar-refractivity contribution in [2.75, 3.05) is 7.11 Å². The number of fused-ring (bicyclic) bond motifs is 1. The van der Waals surface area contributed by atoms with E-state index < -0.39 is 0 Å². The number of imidazole rings is 1. The molecule has 3 aromatic rings. The van der Waals surface area contributed by atoms with Gasteiger partial charge in [-0.15, -0.1) is 0 Å². The first-order valence-corrected chi connectivity index (χ1v) is 6.24. The van der Waals surface area contributed by atoms with Crippen LogP contribution in [0.15, 0.2) is 36.4 Å². The molecule has 1 aromatic heterocycles. The van der Waals surface area contributed by atoms with Crippen LogP contribution in [-0.4, -0.2) is 17.1 Å². The topological polar surface area (TPSA) is 63.9 Å². The van der Waals surface area contributed by atoms with Crippen molar-refractivity contribution in [3.63, 3.8) is 0 Å². The molecule has 0 amide bonds. The minimum atomic E-state index is -0.377. The Labute approximate surface area is 115 Å². The van der Waals surface area contributed by atoms with Gasteiger partial charge in [-0.05, 0) is 23.8 Å². The summed E-state index contributed by atoms with van der Waals surface area (Å²) in [6.07, 6.45) is 0. The first kappa shape index (κ1) is 12.6. The lowest BCUT2D eigenvalue weighted by molar-refractivity contribution is 0.411. The second-order valence-electron chi connectivity index (χ2n) is 4.45. The summed E-state index contributed by atoms with van der Waals surface area (Å²) in [5, 5.41) is 0. The summed E-state index contributed by atoms with van der Waals surface area (Å²) in [6, 6.07) is 10.4. The van der Waals surface area contributed by atoms with Crippen LogP contribution in [0.25, 0.3) is 22.4 Å². The van der Waals surface area contributed by atoms with Gasteiger partial charge in [0, 0.05) is 12.6 Å². The largest absolute Gasteiger partial charge is 0.497 e. The van der Waals surface area contributed by atoms with Gasteiger partial charge in [-0.3, -0.25) is 0 Å². The average Bonchev–Trinajstić information content (AvgIpc) is 2.90. The van der Waals surface area contributed by atoms with E-state index in [1.807, 2.05) is 18.2 Å². The fourth-order valence-corrected chi connectivity index (χ4v) is 2.20. The van der Waals surface area contributed by atoms with Crippen LogP contribution in [0.2, 0.25) is 0 Å². The maximum atomic E-state index is 14.1. The predicted molar refractivity (Wildman–Crippen MR) is 75.9 cm³/mol. The van der Waals surface area contributed by atoms with E-state index in [0.717, 1.165) is 16.6 Å². The predicted octanol–water partition coefficient (Wildman–Crippen LogP) is 2.84. The summed E-state index contributed by atoms with van der Waals surface area (Å²) in [5.74, 6) is 0.587. The lowest BCUT2D eigenvalue weighted by atomic mass is 10.2. The van der Waals surface area contributed by atoms with Gasteiger partial charge < -0.3 is 15.5 Å². The SMILES string of the molecule is COc1ccc(-c2nc3c(CN)cccc3[nH]2)c(F)c1. The van der Waals surface area contributed by atoms with Crippen molar-refractivity contribution >= 4 is 11.0 Å². The van der Waals surface area contributed by atoms with Crippen molar-refractivity contribution < 1.29 is 9.13 Å². The maximum absolute atomic E-state index is 14.1. The van der Waals surface area contributed by atoms with E-state index in [0.29, 0.717) is 23.7 Å². The number of ether oxygens (including phenoxy) is 1. The molecule has 5 heteroatoms. The Balaban J connectivity index is 2.15. The number of aromatic amines is 1. The number of nitrogens with zero attached hydrogens (tertiary/aromatic N) is 1. The Bertz CT molecular complexity index is 767. The molecule has 20 heavy (non-hydrogen) atoms. The zero-order valence-corrected chi connectivity index (χ0v) is 11.0. The molecular weight excluding hydrogens is 257 g/mol. The van der Waals surface area contributed by atoms with Gasteiger partial charge in [-0.25, -0.2) is 9.37 Å². The van der Waals surface area contributed by atoms with E-state index in [1.165, 1.54) is 13.2 Å². The molecule has 0 unspecified atom stereocenters. The number of hydrogen-bond acceptors (Lipinski definition) is 3. The molecule has 0 atom stereocenters. The summed E-state index contributed by atoms with van der Waals surface area (Å²) in [7, 11) is 1.50. The summed E-state index contributed by atoms with van der Waals surface area (Å²) in [6.45, 7) is 0.396. The number of para-hydroxylation sites is 1. The summed E-state index contributed by atoms with van der Waals surface area (Å²) in [4.78, 5) is 7.57. The van der Waals surface area contributed by atoms with Crippen molar-refractivity contribution in [3.8, 4) is 17.1 Å². The van der Waals surface area contributed by atoms with E-state index in [1.54, 1.807) is 12.1 Å². The molecule has 2 aromatic carbocycles. The van der Waals surface area contributed by atoms with Gasteiger partial charge in [0.25, 0.3) is 0 Å². The first-order chi connectivity index (χ1) is 9.72. The molecule has 1 heterocycles. The smallest absolute Gasteiger partial charge is 0.141 e. The van der Waals surface area contributed by atoms with Gasteiger partial charge in [0.2, 0.25) is 0 Å². The molecule has 0 aliphatic heterocycles. The highest BCUT2D eigenvalue weighted by molar-refractivity contribution is 5.82. The van der Waals surface area contributed by atoms with Crippen molar-refractivity contribution in [1.29, 1.82) is 0 Å². The Kier molecular flexibility index (Phi) is 3.12. The number of hydrogen-bond donors (Lipinski definition) is 2. The number of nitrogens with one attached hydrogen (secondary N) is 1. The molecule has 0 bridgehead atoms. The van der Waals surface area contributed by atoms with Crippen LogP contribution in [-0.2, 0) is 6.54 Å². The zero-order chi connectivity index (χ0) is 14.1. The van der Waals surface area contributed by atoms with Crippen molar-refractivity contribution in [1.82, 2.24) is 9.97 Å². The number of H-pyrrole nitrogens is 1. The number of halogens is 1. The van der Waals surface area contributed by atoms with Crippen LogP contribution in [0.5, 0.6) is 5.75 Å². The van der Waals surface area contributed by atoms with Gasteiger partial charge in [0.15, 0.2) is 0 Å². The first-order valence-electron chi connectivity index (χ1n) is 6.24. The number of nitrogens with two attached hydrogens (primary N) is 1. The molecule has 0 saturated carbocycles. The van der Waals surface area contributed by atoms with Crippen LogP contribution >= 0.6 is 0 Å². The third-order valence-corrected chi connectivity index (χ3v) is 3.25. The average molecular weight is 271 g/mol. The summed E-state index contributed by atoms with van der Waals surface area (Å²) in [5.41, 5.74) is 8.65. The second-order valence-corrected chi connectivity index (χ2v) is 4.45. The summed E-state index contributed by atoms with van der Waals surface area (Å²) < 4.78 is 19.1. The van der Waals surface area contributed by atoms with E-state index in [-0.39, 0.29) is 5.82 Å². The van der Waals surface area contributed by atoms with Crippen LogP contribution in [0, 0.1) is 5.82 Å². The van der Waals surface area contributed by atoms with Gasteiger partial charge in [-0.1, -0.05) is 12.1 Å². The Morgan fingerprint density at radius 1 is 1.30 bits per heavy atom. The fourth-order valence-electron chi connectivity index (χ4n) is 2.20. The second kappa shape index (κ2) is 4.94. The highest BCUT2D eigenvalue weighted by Gasteiger charge is 2.12. The highest BCUT2D eigenvalue weighted by Crippen LogP contribution is 2.27. The Morgan fingerprint density at radius 2 is 2.15 bits per heavy atom. The van der Waals surface area contributed by atoms with E-state index >= 15 is 0 Å². The minimum Gasteiger partial charge on any atom is -0.497 e. The van der Waals surface area contributed by atoms with Crippen molar-refractivity contribution in [2.45, 2.75) is 6.54 Å². The normalized spacial score (nSPS) is 10.9. The third kappa shape index (κ3) is 2.02. The molecule has 3 rings (SSSR count). The Morgan fingerprint density at radius 3 is 2.85 bits per heavy atom. The lowest BCUT2D eigenvalue weighted by Gasteiger charge is -2.02. The third-order valence-electron chi connectivity index (χ3n) is 3.25. The number of methoxy groups -OCH3 is 1. The monoisotopic (exact) mass is 271 g/mol. The molecule has 4 nitrogen and oxygen atoms in total. The molecular formula is C15H14FN3O. The Hall–Kier alpha value is -2.40. The molecule has 0 radical (unpaired) electrons. The van der Waals surface area contributed by atoms with Crippen LogP contribution < -0.4 is 10.5 Å². The van der Waals surface area contributed by atoms with Crippen LogP contribution in [0.1, 0.15) is 5.56 Å². The molecule has 0 spiro atoms. The van der Waals surface area contributed by atoms with E-state index in [9.17, 15) is 4.39 Å². The maximum Gasteiger partial charge on any atom is 0.141 e. The fraction of sp³-hybridized carbons (Fsp3) is 0.133. The quantitative estimate of drug-likeness (QED) is 0.770. The molecule has 102 valence electrons. The molecule has 0 fully saturated rings. The molecule has 0 aliphatic rings. The molecule has 3 N–H and O–H groups in total. The van der Waals surface area contributed by atoms with E-state index in [2.05, 4.69) is 9.97 Å². The molecule has 0 saturated heterocycles. The zero-order valence-electron chi connectivity index (χ0n) is 11.0. The molecule has 0 aliphatic carbocycles. The number of benzene rings is 2. The van der Waals surface area contributed by atoms with Crippen LogP contribution in [0.3, 0.4) is 0 Å². The van der Waals surface area contributed by atoms with Gasteiger partial charge in [0.05, 0.1) is 23.7 Å². The van der Waals surface area contributed by atoms with Gasteiger partial charge >= 0.3 is 0 Å². The van der Waals surface area contributed by atoms with Crippen molar-refractivity contribution in [2.24, 2.45) is 5.73 Å². The highest BCUT2D eigenvalue weighted by atomic mass is 19.1. The van der Waals surface area contributed by atoms with Crippen molar-refractivity contribution in [3.05, 3.63) is 47.8 Å². The minimum absolute atomic E-state index is 0.377. The van der Waals surface area contributed by atoms with E-state index in [4.69, 9.17) is 10.5 Å². The lowest BCUT2D eigenvalue weighted by Crippen LogP contribution is -1.96. The number of aromatic nitrogens is 2. The summed E-state index contributed by atoms with van der Waals surface area (Å²) >= 11 is 0. The van der Waals surface area contributed by atoms with Crippen LogP contribution in [0.4, 0.5) is 4.39 Å². The number of rotatable bonds is 3. The van der Waals surface area contributed by atoms with Gasteiger partial charge in [0.1, 0.15) is 17.4 Å². The standard InChI is InChI=1S/C15H14FN3O/c1-20-10-5-6-11(12(16)7-10)15-18-13-4-2-3-9(8-17)14(13)19-15/h2-7H,8,17H2,1H3,(H,18,19).